The molecule has 1 aromatic heterocycles. The van der Waals surface area contributed by atoms with Crippen LogP contribution in [0.25, 0.3) is 55.8 Å². The van der Waals surface area contributed by atoms with Gasteiger partial charge in [0.25, 0.3) is 0 Å². The van der Waals surface area contributed by atoms with Gasteiger partial charge in [-0.05, 0) is 165 Å². The number of benzene rings is 6. The highest BCUT2D eigenvalue weighted by Gasteiger charge is 2.53. The van der Waals surface area contributed by atoms with E-state index in [-0.39, 0.29) is 5.92 Å². The van der Waals surface area contributed by atoms with E-state index in [1.807, 2.05) is 0 Å². The highest BCUT2D eigenvalue weighted by molar-refractivity contribution is 5.97. The van der Waals surface area contributed by atoms with Gasteiger partial charge in [-0.15, -0.1) is 0 Å². The summed E-state index contributed by atoms with van der Waals surface area (Å²) >= 11 is 0. The van der Waals surface area contributed by atoms with Crippen LogP contribution in [0.4, 0.5) is 0 Å². The van der Waals surface area contributed by atoms with Crippen molar-refractivity contribution in [3.63, 3.8) is 0 Å². The highest BCUT2D eigenvalue weighted by atomic mass is 14.9. The fourth-order valence-corrected chi connectivity index (χ4v) is 12.2. The third kappa shape index (κ3) is 6.76. The Morgan fingerprint density at radius 2 is 1.22 bits per heavy atom. The van der Waals surface area contributed by atoms with E-state index in [0.717, 1.165) is 54.9 Å². The first kappa shape index (κ1) is 40.6. The van der Waals surface area contributed by atoms with Crippen LogP contribution in [0.5, 0.6) is 0 Å². The Morgan fingerprint density at radius 1 is 0.529 bits per heavy atom. The first-order valence-corrected chi connectivity index (χ1v) is 24.6. The number of hydrogen-bond acceptors (Lipinski definition) is 2. The molecule has 0 saturated carbocycles. The lowest BCUT2D eigenvalue weighted by Gasteiger charge is -2.35. The van der Waals surface area contributed by atoms with Crippen molar-refractivity contribution < 1.29 is 0 Å². The maximum atomic E-state index is 5.75. The van der Waals surface area contributed by atoms with Crippen LogP contribution in [0.3, 0.4) is 0 Å². The lowest BCUT2D eigenvalue weighted by atomic mass is 9.67. The molecule has 326 valence electrons. The van der Waals surface area contributed by atoms with Gasteiger partial charge in [-0.25, -0.2) is 9.97 Å². The van der Waals surface area contributed by atoms with Gasteiger partial charge in [0.15, 0.2) is 0 Å². The van der Waals surface area contributed by atoms with Gasteiger partial charge in [0.05, 0.1) is 16.8 Å². The number of allylic oxidation sites excluding steroid dienone is 16. The molecule has 0 fully saturated rings. The molecule has 6 aromatic carbocycles. The van der Waals surface area contributed by atoms with Crippen molar-refractivity contribution in [3.05, 3.63) is 275 Å². The van der Waals surface area contributed by atoms with E-state index in [1.165, 1.54) is 89.1 Å². The molecular weight excluding hydrogens is 821 g/mol. The summed E-state index contributed by atoms with van der Waals surface area (Å²) in [4.78, 5) is 11.5. The number of hydrogen-bond donors (Lipinski definition) is 0. The Bertz CT molecular complexity index is 3390. The quantitative estimate of drug-likeness (QED) is 0.159. The molecule has 0 aliphatic heterocycles. The van der Waals surface area contributed by atoms with Crippen LogP contribution in [0, 0.1) is 18.8 Å². The number of fused-ring (bicyclic) bond motifs is 9. The predicted molar refractivity (Wildman–Crippen MR) is 283 cm³/mol. The van der Waals surface area contributed by atoms with Crippen molar-refractivity contribution in [1.29, 1.82) is 0 Å². The lowest BCUT2D eigenvalue weighted by Crippen LogP contribution is -2.29. The second-order valence-corrected chi connectivity index (χ2v) is 19.5. The Morgan fingerprint density at radius 3 is 1.96 bits per heavy atom. The van der Waals surface area contributed by atoms with Gasteiger partial charge in [-0.3, -0.25) is 0 Å². The molecule has 6 aliphatic rings. The van der Waals surface area contributed by atoms with Gasteiger partial charge in [-0.2, -0.15) is 0 Å². The monoisotopic (exact) mass is 872 g/mol. The molecule has 0 N–H and O–H groups in total. The molecule has 1 spiro atoms. The van der Waals surface area contributed by atoms with Crippen LogP contribution in [0.2, 0.25) is 0 Å². The fourth-order valence-electron chi connectivity index (χ4n) is 12.2. The van der Waals surface area contributed by atoms with E-state index in [2.05, 4.69) is 225 Å². The largest absolute Gasteiger partial charge is 0.233 e. The van der Waals surface area contributed by atoms with Crippen LogP contribution >= 0.6 is 0 Å². The summed E-state index contributed by atoms with van der Waals surface area (Å²) < 4.78 is 0. The van der Waals surface area contributed by atoms with Crippen LogP contribution < -0.4 is 0 Å². The van der Waals surface area contributed by atoms with Gasteiger partial charge in [0.1, 0.15) is 5.82 Å². The molecule has 2 heteroatoms. The second kappa shape index (κ2) is 16.6. The Labute approximate surface area is 400 Å². The summed E-state index contributed by atoms with van der Waals surface area (Å²) in [5.41, 5.74) is 23.7. The SMILES string of the molecule is Cc1ccc(C2=C[C@@H](C3C=CC=CC3)CC(c3cc(-c4cc(C5=CC=CCC5)cc(-c5ccccc5)c4)nc(C4C=CC5=C(C4)C4(c6ccccc65)c5ccccc5-c5ccccc54)n3)=C2)cc1. The summed E-state index contributed by atoms with van der Waals surface area (Å²) in [5.74, 6) is 1.58. The van der Waals surface area contributed by atoms with E-state index >= 15 is 0 Å². The van der Waals surface area contributed by atoms with E-state index in [1.54, 1.807) is 0 Å². The zero-order chi connectivity index (χ0) is 45.2. The third-order valence-corrected chi connectivity index (χ3v) is 15.5. The van der Waals surface area contributed by atoms with E-state index in [0.29, 0.717) is 11.8 Å². The topological polar surface area (TPSA) is 25.8 Å². The maximum Gasteiger partial charge on any atom is 0.136 e. The van der Waals surface area contributed by atoms with Crippen LogP contribution in [0.1, 0.15) is 88.5 Å². The molecular formula is C66H52N2. The van der Waals surface area contributed by atoms with Crippen molar-refractivity contribution in [2.45, 2.75) is 50.4 Å². The normalized spacial score (nSPS) is 20.4. The standard InChI is InChI=1S/C66H52N2/c1-43-29-31-47(32-30-43)52-36-51(46-21-9-4-10-22-46)39-54(40-52)64-42-63(53-37-49(44-17-5-2-6-18-44)35-50(38-53)45-19-7-3-8-20-45)67-65(68-64)48-33-34-58-57-25-13-16-28-61(57)66(62(58)41-48)59-26-14-11-23-55(59)56-24-12-15-27-60(56)66/h2-7,9-19,21,23-38,40,42,46,48,51H,8,20,22,39,41H2,1H3/t46?,48?,51-/m1/s1. The zero-order valence-electron chi connectivity index (χ0n) is 38.4. The summed E-state index contributed by atoms with van der Waals surface area (Å²) in [6, 6.07) is 56.7. The fraction of sp³-hybridized carbons (Fsp3) is 0.152. The minimum Gasteiger partial charge on any atom is -0.233 e. The van der Waals surface area contributed by atoms with Crippen molar-refractivity contribution in [3.8, 4) is 33.5 Å². The molecule has 2 unspecified atom stereocenters. The molecule has 2 nitrogen and oxygen atoms in total. The van der Waals surface area contributed by atoms with E-state index < -0.39 is 5.41 Å². The Kier molecular flexibility index (Phi) is 9.89. The predicted octanol–water partition coefficient (Wildman–Crippen LogP) is 16.3. The molecule has 68 heavy (non-hydrogen) atoms. The number of nitrogens with zero attached hydrogens (tertiary/aromatic N) is 2. The van der Waals surface area contributed by atoms with Gasteiger partial charge in [0, 0.05) is 11.5 Å². The van der Waals surface area contributed by atoms with Gasteiger partial charge in [0.2, 0.25) is 0 Å². The maximum absolute atomic E-state index is 5.75. The smallest absolute Gasteiger partial charge is 0.136 e. The molecule has 0 amide bonds. The zero-order valence-corrected chi connectivity index (χ0v) is 38.4. The minimum absolute atomic E-state index is 0.0416. The molecule has 6 aliphatic carbocycles. The number of aryl methyl sites for hydroxylation is 1. The molecule has 0 bridgehead atoms. The summed E-state index contributed by atoms with van der Waals surface area (Å²) in [7, 11) is 0. The number of rotatable bonds is 7. The minimum atomic E-state index is -0.390. The van der Waals surface area contributed by atoms with Crippen molar-refractivity contribution in [2.75, 3.05) is 0 Å². The molecule has 13 rings (SSSR count). The summed E-state index contributed by atoms with van der Waals surface area (Å²) in [6.07, 6.45) is 30.5. The first-order chi connectivity index (χ1) is 33.6. The van der Waals surface area contributed by atoms with E-state index in [9.17, 15) is 0 Å². The van der Waals surface area contributed by atoms with Crippen molar-refractivity contribution >= 4 is 22.3 Å². The second-order valence-electron chi connectivity index (χ2n) is 19.5. The molecule has 1 heterocycles. The summed E-state index contributed by atoms with van der Waals surface area (Å²) in [6.45, 7) is 2.17. The van der Waals surface area contributed by atoms with Gasteiger partial charge >= 0.3 is 0 Å². The average Bonchev–Trinajstić information content (AvgIpc) is 3.88. The lowest BCUT2D eigenvalue weighted by molar-refractivity contribution is 0.484. The Hall–Kier alpha value is -7.68. The molecule has 0 saturated heterocycles. The number of aromatic nitrogens is 2. The van der Waals surface area contributed by atoms with Crippen molar-refractivity contribution in [2.24, 2.45) is 11.8 Å². The summed E-state index contributed by atoms with van der Waals surface area (Å²) in [5, 5.41) is 0. The van der Waals surface area contributed by atoms with Crippen molar-refractivity contribution in [1.82, 2.24) is 9.97 Å². The van der Waals surface area contributed by atoms with Crippen LogP contribution in [0.15, 0.2) is 224 Å². The highest BCUT2D eigenvalue weighted by Crippen LogP contribution is 2.64. The molecule has 3 atom stereocenters. The molecule has 7 aromatic rings. The van der Waals surface area contributed by atoms with Gasteiger partial charge < -0.3 is 0 Å². The Balaban J connectivity index is 0.997. The van der Waals surface area contributed by atoms with Crippen LogP contribution in [-0.2, 0) is 5.41 Å². The first-order valence-electron chi connectivity index (χ1n) is 24.6. The average molecular weight is 873 g/mol. The van der Waals surface area contributed by atoms with Crippen LogP contribution in [-0.4, -0.2) is 9.97 Å². The third-order valence-electron chi connectivity index (χ3n) is 15.5. The van der Waals surface area contributed by atoms with Gasteiger partial charge in [-0.1, -0.05) is 194 Å². The molecule has 0 radical (unpaired) electrons. The van der Waals surface area contributed by atoms with E-state index in [4.69, 9.17) is 9.97 Å².